The summed E-state index contributed by atoms with van der Waals surface area (Å²) in [6.45, 7) is 2.25. The number of aromatic nitrogens is 4. The van der Waals surface area contributed by atoms with E-state index in [-0.39, 0.29) is 0 Å². The first kappa shape index (κ1) is 11.4. The van der Waals surface area contributed by atoms with Crippen LogP contribution in [-0.2, 0) is 13.5 Å². The molecular formula is C12H17N5O. The van der Waals surface area contributed by atoms with Gasteiger partial charge in [0.15, 0.2) is 0 Å². The molecule has 0 aromatic carbocycles. The molecule has 2 aromatic rings. The van der Waals surface area contributed by atoms with Crippen LogP contribution in [0.2, 0.25) is 0 Å². The Kier molecular flexibility index (Phi) is 3.10. The molecule has 1 saturated heterocycles. The van der Waals surface area contributed by atoms with Gasteiger partial charge in [-0.1, -0.05) is 5.16 Å². The van der Waals surface area contributed by atoms with Crippen molar-refractivity contribution >= 4 is 0 Å². The molecule has 0 amide bonds. The highest BCUT2D eigenvalue weighted by molar-refractivity contribution is 5.50. The molecule has 0 aliphatic carbocycles. The van der Waals surface area contributed by atoms with Crippen LogP contribution in [0, 0.1) is 5.92 Å². The summed E-state index contributed by atoms with van der Waals surface area (Å²) in [6.07, 6.45) is 6.86. The summed E-state index contributed by atoms with van der Waals surface area (Å²) < 4.78 is 7.00. The summed E-state index contributed by atoms with van der Waals surface area (Å²) in [5, 5.41) is 11.5. The number of aryl methyl sites for hydroxylation is 2. The minimum atomic E-state index is 0.627. The van der Waals surface area contributed by atoms with E-state index in [1.807, 2.05) is 13.2 Å². The molecule has 1 fully saturated rings. The smallest absolute Gasteiger partial charge is 0.226 e. The van der Waals surface area contributed by atoms with Crippen molar-refractivity contribution < 1.29 is 4.52 Å². The lowest BCUT2D eigenvalue weighted by Gasteiger charge is -2.03. The Morgan fingerprint density at radius 1 is 1.56 bits per heavy atom. The second-order valence-corrected chi connectivity index (χ2v) is 4.81. The van der Waals surface area contributed by atoms with Crippen LogP contribution in [0.1, 0.15) is 18.7 Å². The fraction of sp³-hybridized carbons (Fsp3) is 0.583. The van der Waals surface area contributed by atoms with E-state index in [1.165, 1.54) is 6.42 Å². The van der Waals surface area contributed by atoms with Crippen LogP contribution in [-0.4, -0.2) is 33.0 Å². The Labute approximate surface area is 105 Å². The van der Waals surface area contributed by atoms with E-state index in [4.69, 9.17) is 4.52 Å². The molecule has 96 valence electrons. The van der Waals surface area contributed by atoms with Crippen molar-refractivity contribution in [3.8, 4) is 11.4 Å². The normalized spacial score (nSPS) is 19.5. The second kappa shape index (κ2) is 4.89. The van der Waals surface area contributed by atoms with Crippen LogP contribution in [0.25, 0.3) is 11.4 Å². The van der Waals surface area contributed by atoms with Crippen LogP contribution in [0.3, 0.4) is 0 Å². The van der Waals surface area contributed by atoms with Crippen molar-refractivity contribution in [2.45, 2.75) is 19.3 Å². The zero-order valence-corrected chi connectivity index (χ0v) is 10.5. The highest BCUT2D eigenvalue weighted by atomic mass is 16.5. The molecule has 1 aliphatic rings. The maximum absolute atomic E-state index is 5.27. The van der Waals surface area contributed by atoms with Crippen LogP contribution in [0.4, 0.5) is 0 Å². The molecule has 0 spiro atoms. The summed E-state index contributed by atoms with van der Waals surface area (Å²) in [6, 6.07) is 0. The van der Waals surface area contributed by atoms with Gasteiger partial charge in [0.1, 0.15) is 0 Å². The molecule has 18 heavy (non-hydrogen) atoms. The first-order valence-corrected chi connectivity index (χ1v) is 6.33. The van der Waals surface area contributed by atoms with Crippen molar-refractivity contribution in [1.82, 2.24) is 25.2 Å². The molecule has 0 radical (unpaired) electrons. The van der Waals surface area contributed by atoms with E-state index < -0.39 is 0 Å². The van der Waals surface area contributed by atoms with E-state index in [2.05, 4.69) is 20.6 Å². The predicted octanol–water partition coefficient (Wildman–Crippen LogP) is 1.01. The third kappa shape index (κ3) is 2.43. The Hall–Kier alpha value is -1.69. The fourth-order valence-electron chi connectivity index (χ4n) is 2.30. The van der Waals surface area contributed by atoms with E-state index in [1.54, 1.807) is 10.9 Å². The van der Waals surface area contributed by atoms with Crippen LogP contribution in [0.5, 0.6) is 0 Å². The van der Waals surface area contributed by atoms with Crippen LogP contribution in [0.15, 0.2) is 16.9 Å². The average Bonchev–Trinajstić information content (AvgIpc) is 3.07. The zero-order chi connectivity index (χ0) is 12.4. The monoisotopic (exact) mass is 247 g/mol. The molecule has 1 atom stereocenters. The van der Waals surface area contributed by atoms with Crippen LogP contribution >= 0.6 is 0 Å². The second-order valence-electron chi connectivity index (χ2n) is 4.81. The van der Waals surface area contributed by atoms with Gasteiger partial charge in [0.05, 0.1) is 11.8 Å². The van der Waals surface area contributed by atoms with Gasteiger partial charge >= 0.3 is 0 Å². The summed E-state index contributed by atoms with van der Waals surface area (Å²) in [7, 11) is 1.87. The highest BCUT2D eigenvalue weighted by Crippen LogP contribution is 2.18. The molecule has 2 aromatic heterocycles. The van der Waals surface area contributed by atoms with E-state index >= 15 is 0 Å². The maximum Gasteiger partial charge on any atom is 0.226 e. The van der Waals surface area contributed by atoms with Gasteiger partial charge in [-0.3, -0.25) is 4.68 Å². The quantitative estimate of drug-likeness (QED) is 0.873. The van der Waals surface area contributed by atoms with Crippen LogP contribution < -0.4 is 5.32 Å². The molecular weight excluding hydrogens is 230 g/mol. The molecule has 3 rings (SSSR count). The lowest BCUT2D eigenvalue weighted by atomic mass is 10.0. The molecule has 6 heteroatoms. The largest absolute Gasteiger partial charge is 0.339 e. The molecule has 0 saturated carbocycles. The molecule has 3 heterocycles. The van der Waals surface area contributed by atoms with Crippen molar-refractivity contribution in [3.05, 3.63) is 18.3 Å². The zero-order valence-electron chi connectivity index (χ0n) is 10.5. The summed E-state index contributed by atoms with van der Waals surface area (Å²) in [5.74, 6) is 2.10. The molecule has 1 unspecified atom stereocenters. The molecule has 1 aliphatic heterocycles. The molecule has 6 nitrogen and oxygen atoms in total. The fourth-order valence-corrected chi connectivity index (χ4v) is 2.30. The Balaban J connectivity index is 1.62. The predicted molar refractivity (Wildman–Crippen MR) is 65.8 cm³/mol. The van der Waals surface area contributed by atoms with Crippen molar-refractivity contribution in [2.24, 2.45) is 13.0 Å². The first-order valence-electron chi connectivity index (χ1n) is 6.33. The van der Waals surface area contributed by atoms with Gasteiger partial charge in [0.2, 0.25) is 11.7 Å². The van der Waals surface area contributed by atoms with E-state index in [0.29, 0.717) is 5.82 Å². The Bertz CT molecular complexity index is 512. The first-order chi connectivity index (χ1) is 8.81. The van der Waals surface area contributed by atoms with Gasteiger partial charge < -0.3 is 9.84 Å². The van der Waals surface area contributed by atoms with Crippen molar-refractivity contribution in [2.75, 3.05) is 13.1 Å². The summed E-state index contributed by atoms with van der Waals surface area (Å²) in [4.78, 5) is 4.40. The number of hydrogen-bond donors (Lipinski definition) is 1. The van der Waals surface area contributed by atoms with Gasteiger partial charge in [-0.2, -0.15) is 10.1 Å². The standard InChI is InChI=1S/C12H17N5O/c1-17-8-10(7-14-17)12-15-11(18-16-12)3-2-9-4-5-13-6-9/h7-9,13H,2-6H2,1H3. The van der Waals surface area contributed by atoms with Gasteiger partial charge in [0, 0.05) is 19.7 Å². The Morgan fingerprint density at radius 2 is 2.50 bits per heavy atom. The summed E-state index contributed by atoms with van der Waals surface area (Å²) >= 11 is 0. The molecule has 1 N–H and O–H groups in total. The average molecular weight is 247 g/mol. The maximum atomic E-state index is 5.27. The minimum absolute atomic E-state index is 0.627. The van der Waals surface area contributed by atoms with Gasteiger partial charge in [0.25, 0.3) is 0 Å². The van der Waals surface area contributed by atoms with Gasteiger partial charge in [-0.05, 0) is 31.8 Å². The SMILES string of the molecule is Cn1cc(-c2noc(CCC3CCNC3)n2)cn1. The Morgan fingerprint density at radius 3 is 3.22 bits per heavy atom. The van der Waals surface area contributed by atoms with E-state index in [0.717, 1.165) is 43.3 Å². The third-order valence-electron chi connectivity index (χ3n) is 3.36. The number of hydrogen-bond acceptors (Lipinski definition) is 5. The third-order valence-corrected chi connectivity index (χ3v) is 3.36. The lowest BCUT2D eigenvalue weighted by Crippen LogP contribution is -2.09. The van der Waals surface area contributed by atoms with Crippen molar-refractivity contribution in [3.63, 3.8) is 0 Å². The van der Waals surface area contributed by atoms with Crippen molar-refractivity contribution in [1.29, 1.82) is 0 Å². The van der Waals surface area contributed by atoms with Gasteiger partial charge in [-0.25, -0.2) is 0 Å². The molecule has 0 bridgehead atoms. The topological polar surface area (TPSA) is 68.8 Å². The lowest BCUT2D eigenvalue weighted by molar-refractivity contribution is 0.365. The van der Waals surface area contributed by atoms with Gasteiger partial charge in [-0.15, -0.1) is 0 Å². The number of nitrogens with one attached hydrogen (secondary N) is 1. The van der Waals surface area contributed by atoms with E-state index in [9.17, 15) is 0 Å². The number of nitrogens with zero attached hydrogens (tertiary/aromatic N) is 4. The number of rotatable bonds is 4. The highest BCUT2D eigenvalue weighted by Gasteiger charge is 2.16. The summed E-state index contributed by atoms with van der Waals surface area (Å²) in [5.41, 5.74) is 0.898. The minimum Gasteiger partial charge on any atom is -0.339 e.